The maximum Gasteiger partial charge on any atom is 0.234 e. The zero-order valence-corrected chi connectivity index (χ0v) is 16.6. The summed E-state index contributed by atoms with van der Waals surface area (Å²) in [5.74, 6) is 1.21. The molecule has 3 rings (SSSR count). The van der Waals surface area contributed by atoms with Crippen LogP contribution in [0.5, 0.6) is 5.75 Å². The second-order valence-corrected chi connectivity index (χ2v) is 7.17. The summed E-state index contributed by atoms with van der Waals surface area (Å²) < 4.78 is 6.98. The topological polar surface area (TPSA) is 81.9 Å². The van der Waals surface area contributed by atoms with Gasteiger partial charge in [0.05, 0.1) is 24.2 Å². The number of ether oxygens (including phenoxy) is 1. The van der Waals surface area contributed by atoms with Gasteiger partial charge in [0.1, 0.15) is 17.1 Å². The molecule has 140 valence electrons. The quantitative estimate of drug-likeness (QED) is 0.499. The Bertz CT molecular complexity index is 976. The van der Waals surface area contributed by atoms with Gasteiger partial charge in [-0.2, -0.15) is 5.10 Å². The van der Waals surface area contributed by atoms with Gasteiger partial charge in [0, 0.05) is 16.8 Å². The molecule has 1 N–H and O–H groups in total. The van der Waals surface area contributed by atoms with Crippen molar-refractivity contribution >= 4 is 35.0 Å². The Morgan fingerprint density at radius 3 is 2.78 bits per heavy atom. The molecular formula is C18H18ClN5O2S. The van der Waals surface area contributed by atoms with Gasteiger partial charge in [-0.15, -0.1) is 0 Å². The molecule has 27 heavy (non-hydrogen) atoms. The van der Waals surface area contributed by atoms with E-state index in [2.05, 4.69) is 20.4 Å². The number of halogens is 1. The zero-order valence-electron chi connectivity index (χ0n) is 15.1. The van der Waals surface area contributed by atoms with Gasteiger partial charge in [-0.25, -0.2) is 14.6 Å². The van der Waals surface area contributed by atoms with E-state index in [1.165, 1.54) is 25.2 Å². The normalized spacial score (nSPS) is 10.7. The smallest absolute Gasteiger partial charge is 0.234 e. The third kappa shape index (κ3) is 4.78. The van der Waals surface area contributed by atoms with Crippen LogP contribution in [0, 0.1) is 13.8 Å². The van der Waals surface area contributed by atoms with Crippen LogP contribution in [0.4, 0.5) is 5.69 Å². The number of hydrogen-bond acceptors (Lipinski definition) is 6. The molecule has 0 aliphatic rings. The summed E-state index contributed by atoms with van der Waals surface area (Å²) in [6, 6.07) is 8.83. The minimum absolute atomic E-state index is 0.184. The number of aryl methyl sites for hydroxylation is 2. The Hall–Kier alpha value is -2.58. The Kier molecular flexibility index (Phi) is 5.98. The van der Waals surface area contributed by atoms with Crippen molar-refractivity contribution in [1.29, 1.82) is 0 Å². The van der Waals surface area contributed by atoms with Crippen LogP contribution in [0.1, 0.15) is 11.4 Å². The maximum atomic E-state index is 12.3. The van der Waals surface area contributed by atoms with Gasteiger partial charge in [0.15, 0.2) is 5.82 Å². The van der Waals surface area contributed by atoms with Crippen molar-refractivity contribution in [3.8, 4) is 11.6 Å². The van der Waals surface area contributed by atoms with Crippen molar-refractivity contribution in [2.75, 3.05) is 18.2 Å². The van der Waals surface area contributed by atoms with E-state index >= 15 is 0 Å². The lowest BCUT2D eigenvalue weighted by Gasteiger charge is -2.10. The summed E-state index contributed by atoms with van der Waals surface area (Å²) in [4.78, 5) is 20.8. The van der Waals surface area contributed by atoms with Gasteiger partial charge in [-0.1, -0.05) is 23.4 Å². The lowest BCUT2D eigenvalue weighted by Crippen LogP contribution is -2.15. The fraction of sp³-hybridized carbons (Fsp3) is 0.222. The van der Waals surface area contributed by atoms with E-state index in [0.717, 1.165) is 11.4 Å². The summed E-state index contributed by atoms with van der Waals surface area (Å²) in [7, 11) is 1.54. The van der Waals surface area contributed by atoms with Gasteiger partial charge in [0.2, 0.25) is 5.91 Å². The SMILES string of the molecule is COc1ccc(Cl)cc1NC(=O)CSc1cc(-n2nc(C)cc2C)ncn1. The highest BCUT2D eigenvalue weighted by Gasteiger charge is 2.11. The summed E-state index contributed by atoms with van der Waals surface area (Å²) in [6.07, 6.45) is 1.46. The third-order valence-electron chi connectivity index (χ3n) is 3.64. The Balaban J connectivity index is 1.67. The molecule has 0 atom stereocenters. The average Bonchev–Trinajstić information content (AvgIpc) is 2.99. The minimum Gasteiger partial charge on any atom is -0.495 e. The number of anilines is 1. The molecule has 9 heteroatoms. The molecule has 0 radical (unpaired) electrons. The van der Waals surface area contributed by atoms with Crippen molar-refractivity contribution in [2.24, 2.45) is 0 Å². The van der Waals surface area contributed by atoms with E-state index in [1.54, 1.807) is 28.9 Å². The Morgan fingerprint density at radius 2 is 2.07 bits per heavy atom. The number of nitrogens with zero attached hydrogens (tertiary/aromatic N) is 4. The van der Waals surface area contributed by atoms with Crippen LogP contribution in [-0.4, -0.2) is 38.5 Å². The van der Waals surface area contributed by atoms with Gasteiger partial charge >= 0.3 is 0 Å². The number of amides is 1. The predicted octanol–water partition coefficient (Wildman–Crippen LogP) is 3.67. The molecule has 0 aliphatic carbocycles. The standard InChI is InChI=1S/C18H18ClN5O2S/c1-11-6-12(2)24(23-11)16-8-18(21-10-20-16)27-9-17(25)22-14-7-13(19)4-5-15(14)26-3/h4-8,10H,9H2,1-3H3,(H,22,25). The van der Waals surface area contributed by atoms with Gasteiger partial charge in [-0.3, -0.25) is 4.79 Å². The number of carbonyl (C=O) groups is 1. The highest BCUT2D eigenvalue weighted by molar-refractivity contribution is 7.99. The number of rotatable bonds is 6. The fourth-order valence-corrected chi connectivity index (χ4v) is 3.32. The summed E-state index contributed by atoms with van der Waals surface area (Å²) in [5.41, 5.74) is 2.42. The van der Waals surface area contributed by atoms with E-state index in [0.29, 0.717) is 27.3 Å². The molecule has 2 aromatic heterocycles. The van der Waals surface area contributed by atoms with E-state index < -0.39 is 0 Å². The second-order valence-electron chi connectivity index (χ2n) is 5.73. The highest BCUT2D eigenvalue weighted by Crippen LogP contribution is 2.28. The van der Waals surface area contributed by atoms with Crippen LogP contribution >= 0.6 is 23.4 Å². The van der Waals surface area contributed by atoms with Crippen LogP contribution in [0.3, 0.4) is 0 Å². The molecule has 0 spiro atoms. The molecule has 7 nitrogen and oxygen atoms in total. The van der Waals surface area contributed by atoms with E-state index in [9.17, 15) is 4.79 Å². The number of aromatic nitrogens is 4. The van der Waals surface area contributed by atoms with Crippen LogP contribution in [0.15, 0.2) is 41.7 Å². The van der Waals surface area contributed by atoms with E-state index in [1.807, 2.05) is 19.9 Å². The van der Waals surface area contributed by atoms with Crippen LogP contribution < -0.4 is 10.1 Å². The van der Waals surface area contributed by atoms with Gasteiger partial charge in [0.25, 0.3) is 0 Å². The monoisotopic (exact) mass is 403 g/mol. The first-order valence-electron chi connectivity index (χ1n) is 8.08. The lowest BCUT2D eigenvalue weighted by molar-refractivity contribution is -0.113. The molecule has 0 fully saturated rings. The number of methoxy groups -OCH3 is 1. The highest BCUT2D eigenvalue weighted by atomic mass is 35.5. The van der Waals surface area contributed by atoms with Crippen LogP contribution in [0.2, 0.25) is 5.02 Å². The molecule has 1 aromatic carbocycles. The number of nitrogens with one attached hydrogen (secondary N) is 1. The molecule has 2 heterocycles. The third-order valence-corrected chi connectivity index (χ3v) is 4.80. The fourth-order valence-electron chi connectivity index (χ4n) is 2.49. The second kappa shape index (κ2) is 8.41. The lowest BCUT2D eigenvalue weighted by atomic mass is 10.3. The molecule has 3 aromatic rings. The van der Waals surface area contributed by atoms with Crippen LogP contribution in [0.25, 0.3) is 5.82 Å². The van der Waals surface area contributed by atoms with E-state index in [4.69, 9.17) is 16.3 Å². The number of thioether (sulfide) groups is 1. The average molecular weight is 404 g/mol. The summed E-state index contributed by atoms with van der Waals surface area (Å²) in [6.45, 7) is 3.88. The van der Waals surface area contributed by atoms with Gasteiger partial charge in [-0.05, 0) is 38.1 Å². The predicted molar refractivity (Wildman–Crippen MR) is 106 cm³/mol. The molecule has 0 unspecified atom stereocenters. The molecule has 0 bridgehead atoms. The summed E-state index contributed by atoms with van der Waals surface area (Å²) >= 11 is 7.29. The van der Waals surface area contributed by atoms with Crippen molar-refractivity contribution in [3.05, 3.63) is 53.1 Å². The van der Waals surface area contributed by atoms with Crippen molar-refractivity contribution < 1.29 is 9.53 Å². The van der Waals surface area contributed by atoms with Crippen molar-refractivity contribution in [2.45, 2.75) is 18.9 Å². The number of benzene rings is 1. The van der Waals surface area contributed by atoms with Crippen molar-refractivity contribution in [3.63, 3.8) is 0 Å². The largest absolute Gasteiger partial charge is 0.495 e. The van der Waals surface area contributed by atoms with Crippen molar-refractivity contribution in [1.82, 2.24) is 19.7 Å². The Labute approximate surface area is 166 Å². The van der Waals surface area contributed by atoms with Gasteiger partial charge < -0.3 is 10.1 Å². The first-order valence-corrected chi connectivity index (χ1v) is 9.44. The molecular weight excluding hydrogens is 386 g/mol. The molecule has 1 amide bonds. The van der Waals surface area contributed by atoms with E-state index in [-0.39, 0.29) is 11.7 Å². The van der Waals surface area contributed by atoms with Crippen LogP contribution in [-0.2, 0) is 4.79 Å². The maximum absolute atomic E-state index is 12.3. The number of hydrogen-bond donors (Lipinski definition) is 1. The Morgan fingerprint density at radius 1 is 1.26 bits per heavy atom. The molecule has 0 saturated carbocycles. The first-order chi connectivity index (χ1) is 13.0. The number of carbonyl (C=O) groups excluding carboxylic acids is 1. The molecule has 0 aliphatic heterocycles. The zero-order chi connectivity index (χ0) is 19.4. The minimum atomic E-state index is -0.188. The molecule has 0 saturated heterocycles. The first kappa shape index (κ1) is 19.2. The summed E-state index contributed by atoms with van der Waals surface area (Å²) in [5, 5.41) is 8.41.